The Labute approximate surface area is 189 Å². The second-order valence-electron chi connectivity index (χ2n) is 8.20. The predicted octanol–water partition coefficient (Wildman–Crippen LogP) is 3.31. The van der Waals surface area contributed by atoms with Crippen molar-refractivity contribution in [3.05, 3.63) is 81.7 Å². The molecule has 0 amide bonds. The zero-order valence-electron chi connectivity index (χ0n) is 18.9. The number of anilines is 1. The summed E-state index contributed by atoms with van der Waals surface area (Å²) in [5.41, 5.74) is 8.99. The Balaban J connectivity index is 1.54. The van der Waals surface area contributed by atoms with E-state index in [-0.39, 0.29) is 11.4 Å². The molecule has 3 N–H and O–H groups in total. The number of methoxy groups -OCH3 is 1. The zero-order valence-corrected chi connectivity index (χ0v) is 18.9. The van der Waals surface area contributed by atoms with Crippen LogP contribution in [0.4, 0.5) is 10.1 Å². The summed E-state index contributed by atoms with van der Waals surface area (Å²) >= 11 is 0. The smallest absolute Gasteiger partial charge is 0.251 e. The van der Waals surface area contributed by atoms with Crippen LogP contribution in [0, 0.1) is 12.7 Å². The summed E-state index contributed by atoms with van der Waals surface area (Å²) in [5.74, 6) is 0.391. The van der Waals surface area contributed by atoms with Gasteiger partial charge in [-0.2, -0.15) is 0 Å². The van der Waals surface area contributed by atoms with Crippen molar-refractivity contribution in [1.29, 1.82) is 0 Å². The van der Waals surface area contributed by atoms with Crippen LogP contribution in [0.1, 0.15) is 29.7 Å². The number of likely N-dealkylation sites (tertiary alicyclic amines) is 1. The summed E-state index contributed by atoms with van der Waals surface area (Å²) in [6, 6.07) is 8.82. The van der Waals surface area contributed by atoms with Gasteiger partial charge < -0.3 is 25.3 Å². The topological polar surface area (TPSA) is 72.5 Å². The van der Waals surface area contributed by atoms with Gasteiger partial charge >= 0.3 is 0 Å². The van der Waals surface area contributed by atoms with E-state index in [2.05, 4.69) is 16.8 Å². The molecule has 2 aromatic rings. The van der Waals surface area contributed by atoms with E-state index in [0.29, 0.717) is 35.3 Å². The van der Waals surface area contributed by atoms with Gasteiger partial charge in [-0.25, -0.2) is 4.39 Å². The highest BCUT2D eigenvalue weighted by atomic mass is 19.1. The van der Waals surface area contributed by atoms with Crippen LogP contribution in [0.15, 0.2) is 53.5 Å². The van der Waals surface area contributed by atoms with E-state index in [9.17, 15) is 9.18 Å². The van der Waals surface area contributed by atoms with Crippen molar-refractivity contribution in [3.63, 3.8) is 0 Å². The SMILES string of the molecule is C=C/C(=C\c1c(N)ccc(=O)n1CCN1CCC(NCc2ccc(F)c(C)c2)CC1)OC. The molecule has 1 aromatic carbocycles. The second-order valence-corrected chi connectivity index (χ2v) is 8.20. The second kappa shape index (κ2) is 11.1. The van der Waals surface area contributed by atoms with Crippen molar-refractivity contribution in [2.45, 2.75) is 38.9 Å². The number of benzene rings is 1. The molecule has 0 radical (unpaired) electrons. The number of piperidine rings is 1. The molecule has 7 heteroatoms. The van der Waals surface area contributed by atoms with Crippen molar-refractivity contribution in [1.82, 2.24) is 14.8 Å². The Morgan fingerprint density at radius 3 is 2.69 bits per heavy atom. The van der Waals surface area contributed by atoms with Gasteiger partial charge in [-0.1, -0.05) is 18.7 Å². The summed E-state index contributed by atoms with van der Waals surface area (Å²) in [4.78, 5) is 14.9. The lowest BCUT2D eigenvalue weighted by molar-refractivity contribution is 0.190. The maximum Gasteiger partial charge on any atom is 0.251 e. The van der Waals surface area contributed by atoms with E-state index in [4.69, 9.17) is 10.5 Å². The normalized spacial score (nSPS) is 15.7. The zero-order chi connectivity index (χ0) is 23.1. The molecule has 0 aliphatic carbocycles. The summed E-state index contributed by atoms with van der Waals surface area (Å²) in [6.07, 6.45) is 5.40. The molecule has 0 saturated carbocycles. The number of nitrogens with two attached hydrogens (primary N) is 1. The predicted molar refractivity (Wildman–Crippen MR) is 128 cm³/mol. The highest BCUT2D eigenvalue weighted by molar-refractivity contribution is 5.63. The monoisotopic (exact) mass is 440 g/mol. The first-order valence-corrected chi connectivity index (χ1v) is 11.0. The first kappa shape index (κ1) is 23.8. The third-order valence-electron chi connectivity index (χ3n) is 6.02. The van der Waals surface area contributed by atoms with Gasteiger partial charge in [0.25, 0.3) is 5.56 Å². The number of hydrogen-bond donors (Lipinski definition) is 2. The average Bonchev–Trinajstić information content (AvgIpc) is 2.80. The summed E-state index contributed by atoms with van der Waals surface area (Å²) in [6.45, 7) is 9.49. The number of hydrogen-bond acceptors (Lipinski definition) is 5. The van der Waals surface area contributed by atoms with Gasteiger partial charge in [0.1, 0.15) is 11.6 Å². The summed E-state index contributed by atoms with van der Waals surface area (Å²) in [5, 5.41) is 3.59. The van der Waals surface area contributed by atoms with Crippen LogP contribution in [-0.4, -0.2) is 42.3 Å². The fourth-order valence-electron chi connectivity index (χ4n) is 4.02. The fraction of sp³-hybridized carbons (Fsp3) is 0.400. The minimum atomic E-state index is -0.164. The van der Waals surface area contributed by atoms with Crippen LogP contribution in [0.2, 0.25) is 0 Å². The average molecular weight is 441 g/mol. The first-order valence-electron chi connectivity index (χ1n) is 11.0. The molecule has 0 bridgehead atoms. The van der Waals surface area contributed by atoms with E-state index in [0.717, 1.165) is 44.6 Å². The maximum absolute atomic E-state index is 13.4. The minimum absolute atomic E-state index is 0.0869. The molecular weight excluding hydrogens is 407 g/mol. The van der Waals surface area contributed by atoms with Gasteiger partial charge in [-0.15, -0.1) is 0 Å². The van der Waals surface area contributed by atoms with Crippen LogP contribution in [0.3, 0.4) is 0 Å². The fourth-order valence-corrected chi connectivity index (χ4v) is 4.02. The number of aromatic nitrogens is 1. The number of nitrogen functional groups attached to an aromatic ring is 1. The molecule has 1 aromatic heterocycles. The van der Waals surface area contributed by atoms with Gasteiger partial charge in [0.2, 0.25) is 0 Å². The van der Waals surface area contributed by atoms with Crippen molar-refractivity contribution >= 4 is 11.8 Å². The van der Waals surface area contributed by atoms with E-state index in [1.54, 1.807) is 36.8 Å². The minimum Gasteiger partial charge on any atom is -0.497 e. The van der Waals surface area contributed by atoms with Gasteiger partial charge in [-0.3, -0.25) is 4.79 Å². The Morgan fingerprint density at radius 2 is 2.03 bits per heavy atom. The molecule has 3 rings (SSSR count). The summed E-state index contributed by atoms with van der Waals surface area (Å²) < 4.78 is 20.4. The van der Waals surface area contributed by atoms with Gasteiger partial charge in [0.05, 0.1) is 18.5 Å². The molecule has 0 atom stereocenters. The highest BCUT2D eigenvalue weighted by Crippen LogP contribution is 2.16. The Morgan fingerprint density at radius 1 is 1.28 bits per heavy atom. The molecule has 2 heterocycles. The number of ether oxygens (including phenoxy) is 1. The maximum atomic E-state index is 13.4. The van der Waals surface area contributed by atoms with E-state index in [1.165, 1.54) is 12.1 Å². The number of pyridine rings is 1. The Hall–Kier alpha value is -2.90. The van der Waals surface area contributed by atoms with Crippen LogP contribution >= 0.6 is 0 Å². The number of nitrogens with one attached hydrogen (secondary N) is 1. The molecule has 1 aliphatic heterocycles. The molecule has 6 nitrogen and oxygen atoms in total. The summed E-state index contributed by atoms with van der Waals surface area (Å²) in [7, 11) is 1.56. The Kier molecular flexibility index (Phi) is 8.25. The van der Waals surface area contributed by atoms with Crippen LogP contribution in [0.25, 0.3) is 6.08 Å². The molecule has 172 valence electrons. The standard InChI is InChI=1S/C25H33FN4O2/c1-4-21(32-3)16-24-23(27)7-8-25(31)30(24)14-13-29-11-9-20(10-12-29)28-17-19-5-6-22(26)18(2)15-19/h4-8,15-16,20,28H,1,9-14,17,27H2,2-3H3/b21-16+. The van der Waals surface area contributed by atoms with E-state index in [1.807, 2.05) is 12.1 Å². The molecule has 32 heavy (non-hydrogen) atoms. The van der Waals surface area contributed by atoms with Crippen molar-refractivity contribution in [2.24, 2.45) is 0 Å². The third kappa shape index (κ3) is 6.08. The lowest BCUT2D eigenvalue weighted by Crippen LogP contribution is -2.43. The van der Waals surface area contributed by atoms with Crippen LogP contribution < -0.4 is 16.6 Å². The third-order valence-corrected chi connectivity index (χ3v) is 6.02. The number of rotatable bonds is 9. The van der Waals surface area contributed by atoms with Gasteiger partial charge in [-0.05, 0) is 62.2 Å². The molecular formula is C25H33FN4O2. The molecule has 1 fully saturated rings. The molecule has 0 unspecified atom stereocenters. The lowest BCUT2D eigenvalue weighted by atomic mass is 10.0. The van der Waals surface area contributed by atoms with E-state index >= 15 is 0 Å². The van der Waals surface area contributed by atoms with Crippen LogP contribution in [-0.2, 0) is 17.8 Å². The quantitative estimate of drug-likeness (QED) is 0.462. The van der Waals surface area contributed by atoms with Crippen molar-refractivity contribution in [2.75, 3.05) is 32.5 Å². The molecule has 1 aliphatic rings. The molecule has 0 spiro atoms. The van der Waals surface area contributed by atoms with Gasteiger partial charge in [0, 0.05) is 37.8 Å². The van der Waals surface area contributed by atoms with Crippen LogP contribution in [0.5, 0.6) is 0 Å². The highest BCUT2D eigenvalue weighted by Gasteiger charge is 2.19. The van der Waals surface area contributed by atoms with Crippen molar-refractivity contribution < 1.29 is 9.13 Å². The molecule has 1 saturated heterocycles. The van der Waals surface area contributed by atoms with Crippen molar-refractivity contribution in [3.8, 4) is 0 Å². The van der Waals surface area contributed by atoms with Gasteiger partial charge in [0.15, 0.2) is 0 Å². The lowest BCUT2D eigenvalue weighted by Gasteiger charge is -2.32. The largest absolute Gasteiger partial charge is 0.497 e. The number of nitrogens with zero attached hydrogens (tertiary/aromatic N) is 2. The Bertz CT molecular complexity index is 1020. The number of allylic oxidation sites excluding steroid dienone is 1. The van der Waals surface area contributed by atoms with E-state index < -0.39 is 0 Å². The number of halogens is 1. The number of aryl methyl sites for hydroxylation is 1. The first-order chi connectivity index (χ1) is 15.4.